The van der Waals surface area contributed by atoms with E-state index in [9.17, 15) is 4.79 Å². The summed E-state index contributed by atoms with van der Waals surface area (Å²) in [5, 5.41) is 3.34. The molecule has 1 atom stereocenters. The summed E-state index contributed by atoms with van der Waals surface area (Å²) in [6, 6.07) is 5.85. The van der Waals surface area contributed by atoms with E-state index in [1.807, 2.05) is 25.2 Å². The first kappa shape index (κ1) is 19.6. The maximum Gasteiger partial charge on any atom is 0.244 e. The number of likely N-dealkylation sites (N-methyl/N-ethyl adjacent to an activating group) is 1. The number of pyridine rings is 1. The van der Waals surface area contributed by atoms with Gasteiger partial charge in [0, 0.05) is 63.6 Å². The molecule has 1 aromatic rings. The predicted molar refractivity (Wildman–Crippen MR) is 106 cm³/mol. The third kappa shape index (κ3) is 5.19. The van der Waals surface area contributed by atoms with Crippen LogP contribution in [0.15, 0.2) is 29.4 Å². The molecule has 1 unspecified atom stereocenters. The molecule has 3 rings (SSSR count). The topological polar surface area (TPSA) is 70.1 Å². The lowest BCUT2D eigenvalue weighted by Crippen LogP contribution is -2.42. The van der Waals surface area contributed by atoms with Crippen molar-refractivity contribution in [2.45, 2.75) is 26.2 Å². The van der Waals surface area contributed by atoms with Crippen LogP contribution >= 0.6 is 0 Å². The van der Waals surface area contributed by atoms with Crippen LogP contribution in [0.1, 0.15) is 25.5 Å². The number of ether oxygens (including phenoxy) is 1. The van der Waals surface area contributed by atoms with Gasteiger partial charge in [-0.1, -0.05) is 6.07 Å². The molecule has 7 nitrogen and oxygen atoms in total. The van der Waals surface area contributed by atoms with Crippen molar-refractivity contribution in [1.29, 1.82) is 0 Å². The van der Waals surface area contributed by atoms with Crippen molar-refractivity contribution in [3.8, 4) is 0 Å². The van der Waals surface area contributed by atoms with E-state index in [-0.39, 0.29) is 17.9 Å². The Morgan fingerprint density at radius 1 is 1.44 bits per heavy atom. The van der Waals surface area contributed by atoms with E-state index in [1.165, 1.54) is 0 Å². The number of carbonyl (C=O) groups excluding carboxylic acids is 1. The third-order valence-electron chi connectivity index (χ3n) is 5.48. The number of guanidine groups is 1. The second kappa shape index (κ2) is 9.17. The van der Waals surface area contributed by atoms with Gasteiger partial charge in [-0.15, -0.1) is 0 Å². The molecule has 2 aliphatic heterocycles. The van der Waals surface area contributed by atoms with Crippen LogP contribution in [0, 0.1) is 5.41 Å². The van der Waals surface area contributed by atoms with Crippen LogP contribution < -0.4 is 5.32 Å². The summed E-state index contributed by atoms with van der Waals surface area (Å²) < 4.78 is 5.61. The number of aliphatic imine (C=N–C) groups is 1. The molecule has 148 valence electrons. The summed E-state index contributed by atoms with van der Waals surface area (Å²) >= 11 is 0. The summed E-state index contributed by atoms with van der Waals surface area (Å²) in [6.45, 7) is 7.30. The Kier molecular flexibility index (Phi) is 6.66. The number of amides is 1. The van der Waals surface area contributed by atoms with Crippen molar-refractivity contribution in [1.82, 2.24) is 20.1 Å². The quantitative estimate of drug-likeness (QED) is 0.599. The van der Waals surface area contributed by atoms with E-state index >= 15 is 0 Å². The molecule has 1 spiro atoms. The molecule has 0 aliphatic carbocycles. The van der Waals surface area contributed by atoms with Crippen LogP contribution in [-0.4, -0.2) is 79.6 Å². The second-order valence-electron chi connectivity index (χ2n) is 7.53. The van der Waals surface area contributed by atoms with Crippen LogP contribution in [-0.2, 0) is 16.0 Å². The van der Waals surface area contributed by atoms with Crippen molar-refractivity contribution >= 4 is 11.9 Å². The predicted octanol–water partition coefficient (Wildman–Crippen LogP) is 1.16. The molecule has 1 aromatic heterocycles. The number of nitrogens with zero attached hydrogens (tertiary/aromatic N) is 4. The fraction of sp³-hybridized carbons (Fsp3) is 0.650. The van der Waals surface area contributed by atoms with Gasteiger partial charge in [0.15, 0.2) is 5.96 Å². The van der Waals surface area contributed by atoms with Crippen molar-refractivity contribution in [2.75, 3.05) is 53.0 Å². The molecule has 0 aromatic carbocycles. The minimum atomic E-state index is 0.0273. The average Bonchev–Trinajstić information content (AvgIpc) is 3.33. The molecule has 2 fully saturated rings. The van der Waals surface area contributed by atoms with Crippen LogP contribution in [0.2, 0.25) is 0 Å². The lowest BCUT2D eigenvalue weighted by Gasteiger charge is -2.25. The number of carbonyl (C=O) groups is 1. The van der Waals surface area contributed by atoms with Gasteiger partial charge in [-0.2, -0.15) is 0 Å². The lowest BCUT2D eigenvalue weighted by atomic mass is 9.87. The van der Waals surface area contributed by atoms with Crippen molar-refractivity contribution in [3.05, 3.63) is 30.1 Å². The van der Waals surface area contributed by atoms with Gasteiger partial charge >= 0.3 is 0 Å². The van der Waals surface area contributed by atoms with Crippen LogP contribution in [0.5, 0.6) is 0 Å². The zero-order valence-electron chi connectivity index (χ0n) is 16.5. The molecule has 1 amide bonds. The molecule has 27 heavy (non-hydrogen) atoms. The summed E-state index contributed by atoms with van der Waals surface area (Å²) in [7, 11) is 1.83. The molecule has 3 heterocycles. The normalized spacial score (nSPS) is 22.4. The third-order valence-corrected chi connectivity index (χ3v) is 5.48. The van der Waals surface area contributed by atoms with E-state index < -0.39 is 0 Å². The first-order valence-electron chi connectivity index (χ1n) is 9.87. The van der Waals surface area contributed by atoms with Gasteiger partial charge in [-0.25, -0.2) is 4.99 Å². The Labute approximate surface area is 161 Å². The number of rotatable bonds is 6. The molecular weight excluding hydrogens is 342 g/mol. The van der Waals surface area contributed by atoms with Gasteiger partial charge in [-0.05, 0) is 31.9 Å². The summed E-state index contributed by atoms with van der Waals surface area (Å²) in [5.74, 6) is 0.868. The fourth-order valence-electron chi connectivity index (χ4n) is 3.73. The summed E-state index contributed by atoms with van der Waals surface area (Å²) in [4.78, 5) is 25.4. The molecule has 2 aliphatic rings. The largest absolute Gasteiger partial charge is 0.381 e. The smallest absolute Gasteiger partial charge is 0.244 e. The van der Waals surface area contributed by atoms with E-state index in [2.05, 4.69) is 27.1 Å². The van der Waals surface area contributed by atoms with Gasteiger partial charge in [0.2, 0.25) is 5.91 Å². The molecule has 0 saturated carbocycles. The number of nitrogens with one attached hydrogen (secondary N) is 1. The lowest BCUT2D eigenvalue weighted by molar-refractivity contribution is -0.128. The number of aromatic nitrogens is 1. The van der Waals surface area contributed by atoms with E-state index in [1.54, 1.807) is 11.1 Å². The van der Waals surface area contributed by atoms with Gasteiger partial charge in [0.1, 0.15) is 6.54 Å². The SMILES string of the molecule is CCNC(=NCC(=O)N(C)CCc1ccccn1)N1CCC2(CCOC2)C1. The highest BCUT2D eigenvalue weighted by Gasteiger charge is 2.42. The van der Waals surface area contributed by atoms with Gasteiger partial charge in [0.05, 0.1) is 6.61 Å². The van der Waals surface area contributed by atoms with E-state index in [0.29, 0.717) is 6.54 Å². The van der Waals surface area contributed by atoms with E-state index in [4.69, 9.17) is 4.74 Å². The number of hydrogen-bond acceptors (Lipinski definition) is 4. The molecular formula is C20H31N5O2. The molecule has 2 saturated heterocycles. The zero-order valence-corrected chi connectivity index (χ0v) is 16.5. The molecule has 7 heteroatoms. The number of hydrogen-bond donors (Lipinski definition) is 1. The summed E-state index contributed by atoms with van der Waals surface area (Å²) in [6.07, 6.45) is 4.79. The van der Waals surface area contributed by atoms with Crippen molar-refractivity contribution in [3.63, 3.8) is 0 Å². The zero-order chi connectivity index (χ0) is 19.1. The molecule has 0 bridgehead atoms. The molecule has 1 N–H and O–H groups in total. The standard InChI is InChI=1S/C20H31N5O2/c1-3-21-19(25-12-8-20(15-25)9-13-27-16-20)23-14-18(26)24(2)11-7-17-6-4-5-10-22-17/h4-6,10H,3,7-9,11-16H2,1-2H3,(H,21,23). The highest BCUT2D eigenvalue weighted by Crippen LogP contribution is 2.38. The molecule has 0 radical (unpaired) electrons. The highest BCUT2D eigenvalue weighted by atomic mass is 16.5. The fourth-order valence-corrected chi connectivity index (χ4v) is 3.73. The Morgan fingerprint density at radius 2 is 2.33 bits per heavy atom. The van der Waals surface area contributed by atoms with Crippen LogP contribution in [0.3, 0.4) is 0 Å². The average molecular weight is 374 g/mol. The van der Waals surface area contributed by atoms with Crippen LogP contribution in [0.25, 0.3) is 0 Å². The van der Waals surface area contributed by atoms with E-state index in [0.717, 1.165) is 63.8 Å². The summed E-state index contributed by atoms with van der Waals surface area (Å²) in [5.41, 5.74) is 1.27. The second-order valence-corrected chi connectivity index (χ2v) is 7.53. The maximum absolute atomic E-state index is 12.5. The van der Waals surface area contributed by atoms with Crippen LogP contribution in [0.4, 0.5) is 0 Å². The first-order valence-corrected chi connectivity index (χ1v) is 9.87. The minimum Gasteiger partial charge on any atom is -0.381 e. The Hall–Kier alpha value is -2.15. The van der Waals surface area contributed by atoms with Gasteiger partial charge < -0.3 is 19.9 Å². The Bertz CT molecular complexity index is 643. The highest BCUT2D eigenvalue weighted by molar-refractivity contribution is 5.85. The van der Waals surface area contributed by atoms with Crippen molar-refractivity contribution in [2.24, 2.45) is 10.4 Å². The number of likely N-dealkylation sites (tertiary alicyclic amines) is 1. The van der Waals surface area contributed by atoms with Gasteiger partial charge in [0.25, 0.3) is 0 Å². The Balaban J connectivity index is 1.52. The maximum atomic E-state index is 12.5. The Morgan fingerprint density at radius 3 is 3.04 bits per heavy atom. The monoisotopic (exact) mass is 373 g/mol. The minimum absolute atomic E-state index is 0.0273. The van der Waals surface area contributed by atoms with Gasteiger partial charge in [-0.3, -0.25) is 9.78 Å². The first-order chi connectivity index (χ1) is 13.1. The van der Waals surface area contributed by atoms with Crippen molar-refractivity contribution < 1.29 is 9.53 Å².